The van der Waals surface area contributed by atoms with Crippen LogP contribution in [0.15, 0.2) is 23.1 Å². The molecule has 0 saturated carbocycles. The number of amides is 1. The number of nitrogens with zero attached hydrogens (tertiary/aromatic N) is 1. The predicted molar refractivity (Wildman–Crippen MR) is 96.8 cm³/mol. The van der Waals surface area contributed by atoms with Crippen LogP contribution in [0.5, 0.6) is 11.5 Å². The van der Waals surface area contributed by atoms with E-state index in [0.717, 1.165) is 19.3 Å². The van der Waals surface area contributed by atoms with Crippen molar-refractivity contribution in [3.05, 3.63) is 18.2 Å². The van der Waals surface area contributed by atoms with Crippen LogP contribution < -0.4 is 14.2 Å². The van der Waals surface area contributed by atoms with Crippen molar-refractivity contribution in [2.75, 3.05) is 26.3 Å². The van der Waals surface area contributed by atoms with E-state index in [1.54, 1.807) is 11.0 Å². The van der Waals surface area contributed by atoms with Crippen molar-refractivity contribution in [3.8, 4) is 11.5 Å². The summed E-state index contributed by atoms with van der Waals surface area (Å²) in [6.45, 7) is 5.89. The third-order valence-corrected chi connectivity index (χ3v) is 6.15. The number of carbonyl (C=O) groups excluding carboxylic acids is 1. The van der Waals surface area contributed by atoms with Gasteiger partial charge in [0.05, 0.1) is 4.90 Å². The number of carbonyl (C=O) groups is 1. The lowest BCUT2D eigenvalue weighted by atomic mass is 10.0. The average Bonchev–Trinajstić information content (AvgIpc) is 2.65. The van der Waals surface area contributed by atoms with Crippen LogP contribution in [0, 0.1) is 5.92 Å². The van der Waals surface area contributed by atoms with Gasteiger partial charge >= 0.3 is 0 Å². The Morgan fingerprint density at radius 3 is 2.38 bits per heavy atom. The van der Waals surface area contributed by atoms with E-state index >= 15 is 0 Å². The van der Waals surface area contributed by atoms with Crippen molar-refractivity contribution in [2.24, 2.45) is 5.92 Å². The van der Waals surface area contributed by atoms with E-state index in [1.165, 1.54) is 12.1 Å². The van der Waals surface area contributed by atoms with Crippen LogP contribution in [0.4, 0.5) is 0 Å². The predicted octanol–water partition coefficient (Wildman–Crippen LogP) is 1.77. The Hall–Kier alpha value is -1.80. The highest BCUT2D eigenvalue weighted by Crippen LogP contribution is 2.32. The zero-order valence-corrected chi connectivity index (χ0v) is 16.0. The van der Waals surface area contributed by atoms with Crippen LogP contribution in [0.3, 0.4) is 0 Å². The number of benzene rings is 1. The molecule has 7 nitrogen and oxygen atoms in total. The maximum absolute atomic E-state index is 12.8. The number of sulfonamides is 1. The average molecular weight is 382 g/mol. The molecule has 1 saturated heterocycles. The number of rotatable bonds is 5. The van der Waals surface area contributed by atoms with Crippen LogP contribution in [-0.4, -0.2) is 51.6 Å². The van der Waals surface area contributed by atoms with E-state index in [-0.39, 0.29) is 16.7 Å². The molecule has 0 radical (unpaired) electrons. The van der Waals surface area contributed by atoms with Gasteiger partial charge in [0.15, 0.2) is 11.5 Å². The zero-order chi connectivity index (χ0) is 18.7. The molecule has 3 rings (SSSR count). The van der Waals surface area contributed by atoms with E-state index in [1.807, 2.05) is 13.8 Å². The Bertz CT molecular complexity index is 757. The maximum atomic E-state index is 12.8. The molecule has 0 unspecified atom stereocenters. The van der Waals surface area contributed by atoms with Crippen LogP contribution in [0.25, 0.3) is 0 Å². The molecule has 2 heterocycles. The Labute approximate surface area is 154 Å². The van der Waals surface area contributed by atoms with E-state index in [9.17, 15) is 13.2 Å². The SMILES string of the molecule is CC(C)[C@@H](NS(=O)(=O)c1ccc2c(c1)OCCO2)C(=O)N1CCCCC1. The quantitative estimate of drug-likeness (QED) is 0.839. The summed E-state index contributed by atoms with van der Waals surface area (Å²) in [6, 6.07) is 3.71. The largest absolute Gasteiger partial charge is 0.486 e. The second-order valence-corrected chi connectivity index (χ2v) is 8.75. The van der Waals surface area contributed by atoms with E-state index in [2.05, 4.69) is 4.72 Å². The van der Waals surface area contributed by atoms with Crippen LogP contribution in [-0.2, 0) is 14.8 Å². The van der Waals surface area contributed by atoms with Crippen LogP contribution in [0.2, 0.25) is 0 Å². The first-order chi connectivity index (χ1) is 12.4. The molecule has 1 aromatic rings. The molecule has 144 valence electrons. The smallest absolute Gasteiger partial charge is 0.241 e. The van der Waals surface area contributed by atoms with Crippen molar-refractivity contribution in [2.45, 2.75) is 44.0 Å². The number of hydrogen-bond donors (Lipinski definition) is 1. The highest BCUT2D eigenvalue weighted by Gasteiger charge is 2.32. The summed E-state index contributed by atoms with van der Waals surface area (Å²) < 4.78 is 39.2. The number of nitrogens with one attached hydrogen (secondary N) is 1. The lowest BCUT2D eigenvalue weighted by molar-refractivity contribution is -0.134. The highest BCUT2D eigenvalue weighted by molar-refractivity contribution is 7.89. The summed E-state index contributed by atoms with van der Waals surface area (Å²) in [7, 11) is -3.85. The summed E-state index contributed by atoms with van der Waals surface area (Å²) in [5.41, 5.74) is 0. The summed E-state index contributed by atoms with van der Waals surface area (Å²) in [5, 5.41) is 0. The number of ether oxygens (including phenoxy) is 2. The Kier molecular flexibility index (Phi) is 5.72. The summed E-state index contributed by atoms with van der Waals surface area (Å²) in [4.78, 5) is 14.7. The number of hydrogen-bond acceptors (Lipinski definition) is 5. The topological polar surface area (TPSA) is 84.9 Å². The summed E-state index contributed by atoms with van der Waals surface area (Å²) in [5.74, 6) is 0.625. The Morgan fingerprint density at radius 1 is 1.08 bits per heavy atom. The molecule has 2 aliphatic rings. The summed E-state index contributed by atoms with van der Waals surface area (Å²) >= 11 is 0. The molecular formula is C18H26N2O5S. The first kappa shape index (κ1) is 19.0. The van der Waals surface area contributed by atoms with Crippen LogP contribution in [0.1, 0.15) is 33.1 Å². The Balaban J connectivity index is 1.80. The molecule has 2 aliphatic heterocycles. The lowest BCUT2D eigenvalue weighted by Crippen LogP contribution is -2.52. The van der Waals surface area contributed by atoms with Gasteiger partial charge in [-0.05, 0) is 37.3 Å². The first-order valence-electron chi connectivity index (χ1n) is 9.09. The molecule has 1 N–H and O–H groups in total. The number of fused-ring (bicyclic) bond motifs is 1. The molecule has 26 heavy (non-hydrogen) atoms. The van der Waals surface area contributed by atoms with Gasteiger partial charge in [-0.2, -0.15) is 4.72 Å². The van der Waals surface area contributed by atoms with Gasteiger partial charge in [0.25, 0.3) is 0 Å². The van der Waals surface area contributed by atoms with Crippen molar-refractivity contribution >= 4 is 15.9 Å². The maximum Gasteiger partial charge on any atom is 0.241 e. The fourth-order valence-corrected chi connectivity index (χ4v) is 4.56. The van der Waals surface area contributed by atoms with E-state index < -0.39 is 16.1 Å². The molecule has 8 heteroatoms. The minimum atomic E-state index is -3.85. The molecule has 0 bridgehead atoms. The van der Waals surface area contributed by atoms with Gasteiger partial charge in [-0.25, -0.2) is 8.42 Å². The van der Waals surface area contributed by atoms with E-state index in [4.69, 9.17) is 9.47 Å². The molecular weight excluding hydrogens is 356 g/mol. The van der Waals surface area contributed by atoms with Crippen molar-refractivity contribution < 1.29 is 22.7 Å². The number of likely N-dealkylation sites (tertiary alicyclic amines) is 1. The van der Waals surface area contributed by atoms with Crippen molar-refractivity contribution in [1.82, 2.24) is 9.62 Å². The normalized spacial score (nSPS) is 18.7. The molecule has 1 amide bonds. The zero-order valence-electron chi connectivity index (χ0n) is 15.2. The fourth-order valence-electron chi connectivity index (χ4n) is 3.21. The molecule has 1 aromatic carbocycles. The van der Waals surface area contributed by atoms with Gasteiger partial charge in [-0.15, -0.1) is 0 Å². The lowest BCUT2D eigenvalue weighted by Gasteiger charge is -2.32. The monoisotopic (exact) mass is 382 g/mol. The standard InChI is InChI=1S/C18H26N2O5S/c1-13(2)17(18(21)20-8-4-3-5-9-20)19-26(22,23)14-6-7-15-16(12-14)25-11-10-24-15/h6-7,12-13,17,19H,3-5,8-11H2,1-2H3/t17-/m1/s1. The highest BCUT2D eigenvalue weighted by atomic mass is 32.2. The van der Waals surface area contributed by atoms with Gasteiger partial charge in [0, 0.05) is 19.2 Å². The molecule has 0 aromatic heterocycles. The molecule has 0 aliphatic carbocycles. The summed E-state index contributed by atoms with van der Waals surface area (Å²) in [6.07, 6.45) is 3.04. The third-order valence-electron chi connectivity index (χ3n) is 4.71. The molecule has 1 atom stereocenters. The first-order valence-corrected chi connectivity index (χ1v) is 10.6. The number of piperidine rings is 1. The minimum absolute atomic E-state index is 0.0684. The fraction of sp³-hybridized carbons (Fsp3) is 0.611. The minimum Gasteiger partial charge on any atom is -0.486 e. The van der Waals surface area contributed by atoms with Gasteiger partial charge in [0.2, 0.25) is 15.9 Å². The van der Waals surface area contributed by atoms with Crippen molar-refractivity contribution in [3.63, 3.8) is 0 Å². The van der Waals surface area contributed by atoms with Gasteiger partial charge in [-0.3, -0.25) is 4.79 Å². The molecule has 1 fully saturated rings. The van der Waals surface area contributed by atoms with Gasteiger partial charge in [0.1, 0.15) is 19.3 Å². The van der Waals surface area contributed by atoms with E-state index in [0.29, 0.717) is 37.8 Å². The third kappa shape index (κ3) is 4.12. The molecule has 0 spiro atoms. The second-order valence-electron chi connectivity index (χ2n) is 7.03. The van der Waals surface area contributed by atoms with Gasteiger partial charge in [-0.1, -0.05) is 13.8 Å². The van der Waals surface area contributed by atoms with Crippen LogP contribution >= 0.6 is 0 Å². The second kappa shape index (κ2) is 7.84. The van der Waals surface area contributed by atoms with Gasteiger partial charge < -0.3 is 14.4 Å². The van der Waals surface area contributed by atoms with Crippen molar-refractivity contribution in [1.29, 1.82) is 0 Å². The Morgan fingerprint density at radius 2 is 1.73 bits per heavy atom.